The number of nitrogens with one attached hydrogen (secondary N) is 2. The van der Waals surface area contributed by atoms with Gasteiger partial charge in [0, 0.05) is 32.4 Å². The molecule has 2 saturated heterocycles. The second-order valence-electron chi connectivity index (χ2n) is 8.34. The van der Waals surface area contributed by atoms with Crippen LogP contribution in [-0.4, -0.2) is 78.9 Å². The van der Waals surface area contributed by atoms with Gasteiger partial charge in [-0.15, -0.1) is 0 Å². The molecule has 0 saturated carbocycles. The Morgan fingerprint density at radius 2 is 2.00 bits per heavy atom. The van der Waals surface area contributed by atoms with E-state index < -0.39 is 27.2 Å². The number of likely N-dealkylation sites (N-methyl/N-ethyl adjacent to an activating group) is 1. The van der Waals surface area contributed by atoms with Crippen molar-refractivity contribution in [2.24, 2.45) is 5.92 Å². The third kappa shape index (κ3) is 5.35. The van der Waals surface area contributed by atoms with Crippen LogP contribution in [0.3, 0.4) is 0 Å². The normalized spacial score (nSPS) is 23.0. The molecule has 1 aromatic rings. The Hall–Kier alpha value is -2.04. The number of aromatic nitrogens is 1. The van der Waals surface area contributed by atoms with Gasteiger partial charge < -0.3 is 15.5 Å². The summed E-state index contributed by atoms with van der Waals surface area (Å²) in [6.45, 7) is 5.33. The SMILES string of the molecule is Cc1cccc(NC(=O)CN(C)S(=O)(=O)C2CNC(C(=O)N3CCC(C)CC3)C2)n1. The van der Waals surface area contributed by atoms with Crippen molar-refractivity contribution < 1.29 is 18.0 Å². The minimum absolute atomic E-state index is 0.0227. The number of hydrogen-bond donors (Lipinski definition) is 2. The van der Waals surface area contributed by atoms with Crippen molar-refractivity contribution in [1.82, 2.24) is 19.5 Å². The van der Waals surface area contributed by atoms with Crippen molar-refractivity contribution in [2.45, 2.75) is 44.4 Å². The molecule has 0 aromatic carbocycles. The first-order valence-electron chi connectivity index (χ1n) is 10.4. The molecule has 2 aliphatic rings. The molecule has 2 N–H and O–H groups in total. The van der Waals surface area contributed by atoms with Crippen LogP contribution in [0, 0.1) is 12.8 Å². The second kappa shape index (κ2) is 9.40. The minimum Gasteiger partial charge on any atom is -0.341 e. The van der Waals surface area contributed by atoms with E-state index in [0.29, 0.717) is 11.7 Å². The molecule has 2 unspecified atom stereocenters. The monoisotopic (exact) mass is 437 g/mol. The maximum atomic E-state index is 12.9. The number of carbonyl (C=O) groups is 2. The van der Waals surface area contributed by atoms with Gasteiger partial charge in [0.2, 0.25) is 21.8 Å². The highest BCUT2D eigenvalue weighted by atomic mass is 32.2. The molecule has 9 nitrogen and oxygen atoms in total. The first kappa shape index (κ1) is 22.6. The smallest absolute Gasteiger partial charge is 0.240 e. The standard InChI is InChI=1S/C20H31N5O4S/c1-14-7-9-25(10-8-14)20(27)17-11-16(12-21-17)30(28,29)24(3)13-19(26)23-18-6-4-5-15(2)22-18/h4-6,14,16-17,21H,7-13H2,1-3H3,(H,22,23,26). The van der Waals surface area contributed by atoms with E-state index >= 15 is 0 Å². The second-order valence-corrected chi connectivity index (χ2v) is 10.7. The quantitative estimate of drug-likeness (QED) is 0.673. The van der Waals surface area contributed by atoms with Crippen LogP contribution in [0.15, 0.2) is 18.2 Å². The lowest BCUT2D eigenvalue weighted by atomic mass is 9.98. The van der Waals surface area contributed by atoms with Crippen molar-refractivity contribution in [2.75, 3.05) is 38.5 Å². The van der Waals surface area contributed by atoms with E-state index in [1.54, 1.807) is 12.1 Å². The van der Waals surface area contributed by atoms with Crippen LogP contribution < -0.4 is 10.6 Å². The van der Waals surface area contributed by atoms with Gasteiger partial charge in [0.05, 0.1) is 17.8 Å². The van der Waals surface area contributed by atoms with Crippen molar-refractivity contribution >= 4 is 27.7 Å². The number of anilines is 1. The number of hydrogen-bond acceptors (Lipinski definition) is 6. The van der Waals surface area contributed by atoms with E-state index in [-0.39, 0.29) is 25.4 Å². The number of aryl methyl sites for hydroxylation is 1. The predicted octanol–water partition coefficient (Wildman–Crippen LogP) is 0.579. The fourth-order valence-electron chi connectivity index (χ4n) is 3.91. The van der Waals surface area contributed by atoms with Gasteiger partial charge in [-0.1, -0.05) is 13.0 Å². The molecule has 0 spiro atoms. The van der Waals surface area contributed by atoms with Gasteiger partial charge >= 0.3 is 0 Å². The molecule has 3 heterocycles. The molecule has 2 amide bonds. The summed E-state index contributed by atoms with van der Waals surface area (Å²) in [6.07, 6.45) is 2.18. The minimum atomic E-state index is -3.72. The summed E-state index contributed by atoms with van der Waals surface area (Å²) in [4.78, 5) is 31.0. The lowest BCUT2D eigenvalue weighted by Crippen LogP contribution is -2.46. The van der Waals surface area contributed by atoms with Crippen LogP contribution >= 0.6 is 0 Å². The van der Waals surface area contributed by atoms with E-state index in [4.69, 9.17) is 0 Å². The van der Waals surface area contributed by atoms with Gasteiger partial charge in [-0.2, -0.15) is 4.31 Å². The Bertz CT molecular complexity index is 883. The van der Waals surface area contributed by atoms with Crippen LogP contribution in [0.25, 0.3) is 0 Å². The van der Waals surface area contributed by atoms with Gasteiger partial charge in [-0.05, 0) is 44.2 Å². The summed E-state index contributed by atoms with van der Waals surface area (Å²) in [7, 11) is -2.33. The number of nitrogens with zero attached hydrogens (tertiary/aromatic N) is 3. The van der Waals surface area contributed by atoms with Crippen molar-refractivity contribution in [3.8, 4) is 0 Å². The third-order valence-electron chi connectivity index (χ3n) is 5.86. The van der Waals surface area contributed by atoms with Crippen molar-refractivity contribution in [1.29, 1.82) is 0 Å². The highest BCUT2D eigenvalue weighted by molar-refractivity contribution is 7.89. The molecule has 10 heteroatoms. The first-order valence-corrected chi connectivity index (χ1v) is 11.9. The third-order valence-corrected chi connectivity index (χ3v) is 8.06. The molecule has 166 valence electrons. The summed E-state index contributed by atoms with van der Waals surface area (Å²) in [6, 6.07) is 4.74. The molecule has 2 aliphatic heterocycles. The number of likely N-dealkylation sites (tertiary alicyclic amines) is 1. The molecule has 2 fully saturated rings. The molecule has 0 aliphatic carbocycles. The van der Waals surface area contributed by atoms with Crippen molar-refractivity contribution in [3.63, 3.8) is 0 Å². The fourth-order valence-corrected chi connectivity index (χ4v) is 5.46. The van der Waals surface area contributed by atoms with Crippen LogP contribution in [0.4, 0.5) is 5.82 Å². The number of piperidine rings is 1. The number of sulfonamides is 1. The van der Waals surface area contributed by atoms with E-state index in [1.165, 1.54) is 7.05 Å². The molecule has 0 radical (unpaired) electrons. The van der Waals surface area contributed by atoms with Gasteiger partial charge in [0.1, 0.15) is 5.82 Å². The van der Waals surface area contributed by atoms with Gasteiger partial charge in [-0.25, -0.2) is 13.4 Å². The van der Waals surface area contributed by atoms with Crippen molar-refractivity contribution in [3.05, 3.63) is 23.9 Å². The fraction of sp³-hybridized carbons (Fsp3) is 0.650. The average molecular weight is 438 g/mol. The molecule has 0 bridgehead atoms. The maximum absolute atomic E-state index is 12.9. The highest BCUT2D eigenvalue weighted by Gasteiger charge is 2.41. The summed E-state index contributed by atoms with van der Waals surface area (Å²) in [5.74, 6) is 0.522. The van der Waals surface area contributed by atoms with E-state index in [9.17, 15) is 18.0 Å². The summed E-state index contributed by atoms with van der Waals surface area (Å²) in [5, 5.41) is 4.95. The Balaban J connectivity index is 1.54. The molecular formula is C20H31N5O4S. The number of carbonyl (C=O) groups excluding carboxylic acids is 2. The molecule has 30 heavy (non-hydrogen) atoms. The zero-order valence-corrected chi connectivity index (χ0v) is 18.6. The van der Waals surface area contributed by atoms with Crippen LogP contribution in [0.1, 0.15) is 31.9 Å². The lowest BCUT2D eigenvalue weighted by molar-refractivity contribution is -0.134. The zero-order valence-electron chi connectivity index (χ0n) is 17.8. The largest absolute Gasteiger partial charge is 0.341 e. The van der Waals surface area contributed by atoms with E-state index in [1.807, 2.05) is 17.9 Å². The number of pyridine rings is 1. The lowest BCUT2D eigenvalue weighted by Gasteiger charge is -2.32. The van der Waals surface area contributed by atoms with Crippen LogP contribution in [0.5, 0.6) is 0 Å². The maximum Gasteiger partial charge on any atom is 0.240 e. The van der Waals surface area contributed by atoms with Gasteiger partial charge in [0.15, 0.2) is 0 Å². The Morgan fingerprint density at radius 3 is 2.67 bits per heavy atom. The van der Waals surface area contributed by atoms with Crippen LogP contribution in [0.2, 0.25) is 0 Å². The Morgan fingerprint density at radius 1 is 1.30 bits per heavy atom. The van der Waals surface area contributed by atoms with Gasteiger partial charge in [-0.3, -0.25) is 9.59 Å². The molecule has 2 atom stereocenters. The summed E-state index contributed by atoms with van der Waals surface area (Å²) < 4.78 is 26.9. The predicted molar refractivity (Wildman–Crippen MR) is 114 cm³/mol. The number of amides is 2. The average Bonchev–Trinajstić information content (AvgIpc) is 3.19. The van der Waals surface area contributed by atoms with Crippen LogP contribution in [-0.2, 0) is 19.6 Å². The highest BCUT2D eigenvalue weighted by Crippen LogP contribution is 2.22. The van der Waals surface area contributed by atoms with E-state index in [0.717, 1.165) is 35.9 Å². The number of rotatable bonds is 6. The molecule has 1 aromatic heterocycles. The molecule has 3 rings (SSSR count). The van der Waals surface area contributed by atoms with E-state index in [2.05, 4.69) is 22.5 Å². The Labute approximate surface area is 178 Å². The summed E-state index contributed by atoms with van der Waals surface area (Å²) in [5.41, 5.74) is 0.754. The topological polar surface area (TPSA) is 112 Å². The first-order chi connectivity index (χ1) is 14.2. The molecular weight excluding hydrogens is 406 g/mol. The summed E-state index contributed by atoms with van der Waals surface area (Å²) >= 11 is 0. The Kier molecular flexibility index (Phi) is 7.10. The zero-order chi connectivity index (χ0) is 21.9. The van der Waals surface area contributed by atoms with Gasteiger partial charge in [0.25, 0.3) is 0 Å².